The predicted molar refractivity (Wildman–Crippen MR) is 127 cm³/mol. The van der Waals surface area contributed by atoms with Gasteiger partial charge in [-0.3, -0.25) is 14.9 Å². The third kappa shape index (κ3) is 4.92. The van der Waals surface area contributed by atoms with Crippen LogP contribution in [0.4, 0.5) is 10.5 Å². The molecule has 3 aromatic rings. The first-order chi connectivity index (χ1) is 15.8. The average molecular weight is 481 g/mol. The van der Waals surface area contributed by atoms with Crippen LogP contribution < -0.4 is 15.0 Å². The minimum absolute atomic E-state index is 0.201. The summed E-state index contributed by atoms with van der Waals surface area (Å²) in [6.45, 7) is 1.98. The van der Waals surface area contributed by atoms with E-state index in [2.05, 4.69) is 5.32 Å². The number of barbiturate groups is 1. The largest absolute Gasteiger partial charge is 0.488 e. The SMILES string of the molecule is Cc1ccc(Cl)cc1N1C(=O)NC(=O)/C(=C\c2ccccc2OCc2cccc(Cl)c2)C1=O. The van der Waals surface area contributed by atoms with Crippen molar-refractivity contribution in [1.82, 2.24) is 5.32 Å². The molecule has 1 heterocycles. The van der Waals surface area contributed by atoms with Crippen LogP contribution in [0, 0.1) is 6.92 Å². The number of halogens is 2. The zero-order chi connectivity index (χ0) is 23.5. The molecule has 8 heteroatoms. The van der Waals surface area contributed by atoms with E-state index in [1.54, 1.807) is 55.5 Å². The summed E-state index contributed by atoms with van der Waals surface area (Å²) in [5, 5.41) is 3.17. The van der Waals surface area contributed by atoms with E-state index in [1.807, 2.05) is 12.1 Å². The molecular formula is C25H18Cl2N2O4. The van der Waals surface area contributed by atoms with Crippen LogP contribution in [0.15, 0.2) is 72.3 Å². The van der Waals surface area contributed by atoms with Gasteiger partial charge >= 0.3 is 6.03 Å². The normalized spacial score (nSPS) is 15.1. The fourth-order valence-electron chi connectivity index (χ4n) is 3.37. The van der Waals surface area contributed by atoms with Gasteiger partial charge in [0.25, 0.3) is 11.8 Å². The molecule has 0 radical (unpaired) electrons. The third-order valence-electron chi connectivity index (χ3n) is 5.02. The zero-order valence-electron chi connectivity index (χ0n) is 17.5. The first-order valence-electron chi connectivity index (χ1n) is 9.97. The van der Waals surface area contributed by atoms with Crippen molar-refractivity contribution in [2.24, 2.45) is 0 Å². The lowest BCUT2D eigenvalue weighted by Gasteiger charge is -2.27. The summed E-state index contributed by atoms with van der Waals surface area (Å²) in [5.74, 6) is -1.07. The Morgan fingerprint density at radius 2 is 1.70 bits per heavy atom. The number of benzene rings is 3. The van der Waals surface area contributed by atoms with E-state index in [0.717, 1.165) is 10.5 Å². The van der Waals surface area contributed by atoms with Crippen molar-refractivity contribution in [3.63, 3.8) is 0 Å². The van der Waals surface area contributed by atoms with E-state index in [4.69, 9.17) is 27.9 Å². The van der Waals surface area contributed by atoms with Crippen molar-refractivity contribution < 1.29 is 19.1 Å². The van der Waals surface area contributed by atoms with Gasteiger partial charge < -0.3 is 4.74 Å². The lowest BCUT2D eigenvalue weighted by atomic mass is 10.0. The Morgan fingerprint density at radius 1 is 0.939 bits per heavy atom. The summed E-state index contributed by atoms with van der Waals surface area (Å²) in [5.41, 5.74) is 2.13. The lowest BCUT2D eigenvalue weighted by molar-refractivity contribution is -0.122. The van der Waals surface area contributed by atoms with Crippen LogP contribution in [0.1, 0.15) is 16.7 Å². The highest BCUT2D eigenvalue weighted by molar-refractivity contribution is 6.39. The molecule has 4 amide bonds. The molecule has 33 heavy (non-hydrogen) atoms. The van der Waals surface area contributed by atoms with Crippen molar-refractivity contribution in [2.45, 2.75) is 13.5 Å². The summed E-state index contributed by atoms with van der Waals surface area (Å²) < 4.78 is 5.91. The van der Waals surface area contributed by atoms with Crippen molar-refractivity contribution >= 4 is 52.8 Å². The quantitative estimate of drug-likeness (QED) is 0.383. The molecule has 1 saturated heterocycles. The molecule has 0 bridgehead atoms. The molecule has 0 aromatic heterocycles. The van der Waals surface area contributed by atoms with Crippen LogP contribution in [-0.2, 0) is 16.2 Å². The van der Waals surface area contributed by atoms with Crippen LogP contribution in [0.3, 0.4) is 0 Å². The number of imide groups is 2. The zero-order valence-corrected chi connectivity index (χ0v) is 19.0. The fourth-order valence-corrected chi connectivity index (χ4v) is 3.75. The van der Waals surface area contributed by atoms with Gasteiger partial charge in [0.15, 0.2) is 0 Å². The van der Waals surface area contributed by atoms with Crippen molar-refractivity contribution in [1.29, 1.82) is 0 Å². The highest BCUT2D eigenvalue weighted by Crippen LogP contribution is 2.29. The number of carbonyl (C=O) groups is 3. The topological polar surface area (TPSA) is 75.7 Å². The van der Waals surface area contributed by atoms with Gasteiger partial charge in [-0.25, -0.2) is 9.69 Å². The maximum absolute atomic E-state index is 13.2. The van der Waals surface area contributed by atoms with Gasteiger partial charge in [0, 0.05) is 15.6 Å². The molecule has 1 aliphatic rings. The number of aryl methyl sites for hydroxylation is 1. The standard InChI is InChI=1S/C25H18Cl2N2O4/c1-15-9-10-19(27)13-21(15)29-24(31)20(23(30)28-25(29)32)12-17-6-2-3-8-22(17)33-14-16-5-4-7-18(26)11-16/h2-13H,14H2,1H3,(H,28,30,32)/b20-12+. The second-order valence-electron chi connectivity index (χ2n) is 7.35. The first-order valence-corrected chi connectivity index (χ1v) is 10.7. The average Bonchev–Trinajstić information content (AvgIpc) is 2.78. The second kappa shape index (κ2) is 9.48. The monoisotopic (exact) mass is 480 g/mol. The summed E-state index contributed by atoms with van der Waals surface area (Å²) in [6, 6.07) is 18.3. The number of nitrogens with zero attached hydrogens (tertiary/aromatic N) is 1. The van der Waals surface area contributed by atoms with E-state index in [9.17, 15) is 14.4 Å². The van der Waals surface area contributed by atoms with Gasteiger partial charge in [0.05, 0.1) is 5.69 Å². The minimum Gasteiger partial charge on any atom is -0.488 e. The van der Waals surface area contributed by atoms with E-state index >= 15 is 0 Å². The van der Waals surface area contributed by atoms with E-state index < -0.39 is 17.8 Å². The maximum Gasteiger partial charge on any atom is 0.335 e. The molecule has 6 nitrogen and oxygen atoms in total. The smallest absolute Gasteiger partial charge is 0.335 e. The van der Waals surface area contributed by atoms with Crippen molar-refractivity contribution in [3.8, 4) is 5.75 Å². The molecule has 0 saturated carbocycles. The maximum atomic E-state index is 13.2. The molecule has 4 rings (SSSR count). The van der Waals surface area contributed by atoms with Gasteiger partial charge in [-0.05, 0) is 54.5 Å². The Morgan fingerprint density at radius 3 is 2.48 bits per heavy atom. The van der Waals surface area contributed by atoms with Gasteiger partial charge in [-0.2, -0.15) is 0 Å². The van der Waals surface area contributed by atoms with E-state index in [1.165, 1.54) is 12.1 Å². The number of hydrogen-bond donors (Lipinski definition) is 1. The third-order valence-corrected chi connectivity index (χ3v) is 5.49. The molecule has 0 spiro atoms. The number of anilines is 1. The van der Waals surface area contributed by atoms with Crippen LogP contribution in [0.5, 0.6) is 5.75 Å². The van der Waals surface area contributed by atoms with Crippen LogP contribution >= 0.6 is 23.2 Å². The molecule has 166 valence electrons. The highest BCUT2D eigenvalue weighted by atomic mass is 35.5. The van der Waals surface area contributed by atoms with Crippen LogP contribution in [-0.4, -0.2) is 17.8 Å². The molecule has 1 fully saturated rings. The fraction of sp³-hybridized carbons (Fsp3) is 0.0800. The number of ether oxygens (including phenoxy) is 1. The molecule has 1 N–H and O–H groups in total. The summed E-state index contributed by atoms with van der Waals surface area (Å²) in [6.07, 6.45) is 1.41. The molecule has 0 aliphatic carbocycles. The van der Waals surface area contributed by atoms with Crippen molar-refractivity contribution in [2.75, 3.05) is 4.90 Å². The Hall–Kier alpha value is -3.61. The first kappa shape index (κ1) is 22.6. The molecular weight excluding hydrogens is 463 g/mol. The molecule has 0 atom stereocenters. The number of para-hydroxylation sites is 1. The number of nitrogens with one attached hydrogen (secondary N) is 1. The van der Waals surface area contributed by atoms with E-state index in [0.29, 0.717) is 32.6 Å². The Balaban J connectivity index is 1.66. The van der Waals surface area contributed by atoms with Crippen LogP contribution in [0.2, 0.25) is 10.0 Å². The summed E-state index contributed by atoms with van der Waals surface area (Å²) in [7, 11) is 0. The Bertz CT molecular complexity index is 1300. The minimum atomic E-state index is -0.835. The highest BCUT2D eigenvalue weighted by Gasteiger charge is 2.37. The predicted octanol–water partition coefficient (Wildman–Crippen LogP) is 5.55. The Kier molecular flexibility index (Phi) is 6.49. The number of amides is 4. The van der Waals surface area contributed by atoms with Gasteiger partial charge in [0.2, 0.25) is 0 Å². The summed E-state index contributed by atoms with van der Waals surface area (Å²) >= 11 is 12.1. The lowest BCUT2D eigenvalue weighted by Crippen LogP contribution is -2.54. The van der Waals surface area contributed by atoms with Gasteiger partial charge in [-0.15, -0.1) is 0 Å². The van der Waals surface area contributed by atoms with Gasteiger partial charge in [0.1, 0.15) is 17.9 Å². The van der Waals surface area contributed by atoms with Crippen molar-refractivity contribution in [3.05, 3.63) is 99.0 Å². The molecule has 0 unspecified atom stereocenters. The number of carbonyl (C=O) groups excluding carboxylic acids is 3. The van der Waals surface area contributed by atoms with E-state index in [-0.39, 0.29) is 12.2 Å². The molecule has 3 aromatic carbocycles. The van der Waals surface area contributed by atoms with Crippen LogP contribution in [0.25, 0.3) is 6.08 Å². The molecule has 1 aliphatic heterocycles. The van der Waals surface area contributed by atoms with Gasteiger partial charge in [-0.1, -0.05) is 59.6 Å². The second-order valence-corrected chi connectivity index (χ2v) is 8.22. The Labute approximate surface area is 200 Å². The number of urea groups is 1. The summed E-state index contributed by atoms with van der Waals surface area (Å²) in [4.78, 5) is 39.2. The number of hydrogen-bond acceptors (Lipinski definition) is 4. The number of rotatable bonds is 5.